The molecule has 0 aromatic carbocycles. The van der Waals surface area contributed by atoms with E-state index in [-0.39, 0.29) is 30.4 Å². The van der Waals surface area contributed by atoms with Crippen molar-refractivity contribution in [3.8, 4) is 0 Å². The highest BCUT2D eigenvalue weighted by atomic mass is 16.5. The first-order valence-corrected chi connectivity index (χ1v) is 14.9. The van der Waals surface area contributed by atoms with Crippen molar-refractivity contribution in [2.24, 2.45) is 11.8 Å². The lowest BCUT2D eigenvalue weighted by molar-refractivity contribution is -0.154. The normalized spacial score (nSPS) is 35.4. The molecule has 8 nitrogen and oxygen atoms in total. The first-order valence-electron chi connectivity index (χ1n) is 14.9. The molecule has 0 aromatic rings. The van der Waals surface area contributed by atoms with Crippen molar-refractivity contribution >= 4 is 17.7 Å². The van der Waals surface area contributed by atoms with Crippen molar-refractivity contribution in [3.05, 3.63) is 24.3 Å². The standard InChI is InChI=1S/C30H45N3O5/c1-3-17-31-18-11-15-29(2)23(26(31)35)24-27(36)33(19-9-4-5-10-21-34)25-28(37)32(22-13-7-6-8-14-22)20-12-16-30(24,25)38-29/h11-12,15-16,22-25,34H,3-10,13-14,17-21H2,1-2H3/t23-,24+,25?,29+,30+/m1/s1. The predicted molar refractivity (Wildman–Crippen MR) is 144 cm³/mol. The summed E-state index contributed by atoms with van der Waals surface area (Å²) < 4.78 is 6.91. The fraction of sp³-hybridized carbons (Fsp3) is 0.767. The Labute approximate surface area is 227 Å². The van der Waals surface area contributed by atoms with E-state index < -0.39 is 29.1 Å². The van der Waals surface area contributed by atoms with Crippen LogP contribution in [0.1, 0.15) is 78.1 Å². The third-order valence-corrected chi connectivity index (χ3v) is 9.49. The quantitative estimate of drug-likeness (QED) is 0.368. The minimum atomic E-state index is -1.16. The number of hydrogen-bond acceptors (Lipinski definition) is 5. The second-order valence-electron chi connectivity index (χ2n) is 12.0. The van der Waals surface area contributed by atoms with E-state index in [0.717, 1.165) is 57.8 Å². The number of carbonyl (C=O) groups is 3. The molecule has 0 radical (unpaired) electrons. The molecule has 4 heterocycles. The predicted octanol–water partition coefficient (Wildman–Crippen LogP) is 3.05. The first kappa shape index (κ1) is 27.4. The van der Waals surface area contributed by atoms with Gasteiger partial charge in [0, 0.05) is 38.8 Å². The van der Waals surface area contributed by atoms with Crippen LogP contribution in [0.25, 0.3) is 0 Å². The maximum absolute atomic E-state index is 14.4. The lowest BCUT2D eigenvalue weighted by atomic mass is 9.74. The number of ether oxygens (including phenoxy) is 1. The molecule has 0 bridgehead atoms. The summed E-state index contributed by atoms with van der Waals surface area (Å²) in [7, 11) is 0. The topological polar surface area (TPSA) is 90.4 Å². The summed E-state index contributed by atoms with van der Waals surface area (Å²) in [5.41, 5.74) is -2.10. The molecular formula is C30H45N3O5. The highest BCUT2D eigenvalue weighted by Crippen LogP contribution is 2.57. The Morgan fingerprint density at radius 2 is 1.63 bits per heavy atom. The molecular weight excluding hydrogens is 482 g/mol. The van der Waals surface area contributed by atoms with Gasteiger partial charge in [-0.1, -0.05) is 63.3 Å². The molecule has 5 aliphatic rings. The van der Waals surface area contributed by atoms with Gasteiger partial charge in [-0.05, 0) is 39.0 Å². The fourth-order valence-corrected chi connectivity index (χ4v) is 7.77. The number of nitrogens with zero attached hydrogens (tertiary/aromatic N) is 3. The van der Waals surface area contributed by atoms with Crippen LogP contribution < -0.4 is 0 Å². The monoisotopic (exact) mass is 527 g/mol. The van der Waals surface area contributed by atoms with E-state index in [1.165, 1.54) is 6.42 Å². The molecule has 5 atom stereocenters. The zero-order valence-corrected chi connectivity index (χ0v) is 23.1. The van der Waals surface area contributed by atoms with Gasteiger partial charge in [0.25, 0.3) is 0 Å². The molecule has 5 rings (SSSR count). The Hall–Kier alpha value is -2.19. The number of likely N-dealkylation sites (tertiary alicyclic amines) is 1. The van der Waals surface area contributed by atoms with Crippen LogP contribution in [0.15, 0.2) is 24.3 Å². The Balaban J connectivity index is 1.53. The van der Waals surface area contributed by atoms with Gasteiger partial charge in [0.15, 0.2) is 0 Å². The number of aliphatic hydroxyl groups is 1. The molecule has 38 heavy (non-hydrogen) atoms. The molecule has 4 aliphatic heterocycles. The van der Waals surface area contributed by atoms with Gasteiger partial charge in [0.05, 0.1) is 17.4 Å². The number of unbranched alkanes of at least 4 members (excludes halogenated alkanes) is 3. The Kier molecular flexibility index (Phi) is 8.01. The summed E-state index contributed by atoms with van der Waals surface area (Å²) in [5, 5.41) is 9.16. The SMILES string of the molecule is CCCN1CC=C[C@]2(C)O[C@]34C=CCN(C5CCCCC5)C(=O)C3N(CCCCCCO)C(=O)[C@@H]4[C@@H]2C1=O. The molecule has 8 heteroatoms. The summed E-state index contributed by atoms with van der Waals surface area (Å²) >= 11 is 0. The van der Waals surface area contributed by atoms with Crippen molar-refractivity contribution in [3.63, 3.8) is 0 Å². The van der Waals surface area contributed by atoms with Gasteiger partial charge in [-0.15, -0.1) is 0 Å². The van der Waals surface area contributed by atoms with Crippen molar-refractivity contribution in [2.75, 3.05) is 32.8 Å². The Morgan fingerprint density at radius 3 is 2.37 bits per heavy atom. The van der Waals surface area contributed by atoms with Crippen molar-refractivity contribution in [1.29, 1.82) is 0 Å². The van der Waals surface area contributed by atoms with Crippen LogP contribution in [0.2, 0.25) is 0 Å². The van der Waals surface area contributed by atoms with E-state index in [2.05, 4.69) is 6.92 Å². The molecule has 3 fully saturated rings. The summed E-state index contributed by atoms with van der Waals surface area (Å²) in [6.45, 7) is 6.25. The molecule has 1 spiro atoms. The maximum Gasteiger partial charge on any atom is 0.249 e. The van der Waals surface area contributed by atoms with E-state index in [0.29, 0.717) is 26.2 Å². The van der Waals surface area contributed by atoms with Crippen LogP contribution in [0.4, 0.5) is 0 Å². The zero-order chi connectivity index (χ0) is 26.9. The molecule has 1 aliphatic carbocycles. The average molecular weight is 528 g/mol. The molecule has 0 aromatic heterocycles. The minimum absolute atomic E-state index is 0.0324. The van der Waals surface area contributed by atoms with Gasteiger partial charge in [0.2, 0.25) is 17.7 Å². The van der Waals surface area contributed by atoms with Gasteiger partial charge in [0.1, 0.15) is 11.6 Å². The van der Waals surface area contributed by atoms with E-state index >= 15 is 0 Å². The van der Waals surface area contributed by atoms with Gasteiger partial charge in [-0.25, -0.2) is 0 Å². The molecule has 1 saturated carbocycles. The number of hydrogen-bond donors (Lipinski definition) is 1. The summed E-state index contributed by atoms with van der Waals surface area (Å²) in [6, 6.07) is -0.580. The van der Waals surface area contributed by atoms with Crippen LogP contribution in [0.5, 0.6) is 0 Å². The molecule has 1 unspecified atom stereocenters. The van der Waals surface area contributed by atoms with Crippen LogP contribution in [-0.2, 0) is 19.1 Å². The molecule has 1 N–H and O–H groups in total. The van der Waals surface area contributed by atoms with Crippen molar-refractivity contribution in [2.45, 2.75) is 101 Å². The Bertz CT molecular complexity index is 975. The molecule has 3 amide bonds. The fourth-order valence-electron chi connectivity index (χ4n) is 7.77. The van der Waals surface area contributed by atoms with Gasteiger partial charge in [-0.2, -0.15) is 0 Å². The minimum Gasteiger partial charge on any atom is -0.396 e. The maximum atomic E-state index is 14.4. The van der Waals surface area contributed by atoms with E-state index in [1.54, 1.807) is 4.90 Å². The van der Waals surface area contributed by atoms with E-state index in [9.17, 15) is 14.4 Å². The third-order valence-electron chi connectivity index (χ3n) is 9.49. The van der Waals surface area contributed by atoms with Crippen LogP contribution >= 0.6 is 0 Å². The number of fused-ring (bicyclic) bond motifs is 2. The number of amides is 3. The second kappa shape index (κ2) is 11.1. The molecule has 2 saturated heterocycles. The highest BCUT2D eigenvalue weighted by Gasteiger charge is 2.74. The third kappa shape index (κ3) is 4.51. The van der Waals surface area contributed by atoms with E-state index in [4.69, 9.17) is 9.84 Å². The lowest BCUT2D eigenvalue weighted by Crippen LogP contribution is -2.57. The second-order valence-corrected chi connectivity index (χ2v) is 12.0. The number of aliphatic hydroxyl groups excluding tert-OH is 1. The van der Waals surface area contributed by atoms with Crippen molar-refractivity contribution in [1.82, 2.24) is 14.7 Å². The van der Waals surface area contributed by atoms with Crippen molar-refractivity contribution < 1.29 is 24.2 Å². The van der Waals surface area contributed by atoms with E-state index in [1.807, 2.05) is 41.0 Å². The number of carbonyl (C=O) groups excluding carboxylic acids is 3. The van der Waals surface area contributed by atoms with Gasteiger partial charge >= 0.3 is 0 Å². The smallest absolute Gasteiger partial charge is 0.249 e. The summed E-state index contributed by atoms with van der Waals surface area (Å²) in [5.74, 6) is -1.60. The zero-order valence-electron chi connectivity index (χ0n) is 23.1. The van der Waals surface area contributed by atoms with Gasteiger partial charge in [-0.3, -0.25) is 14.4 Å². The first-order chi connectivity index (χ1) is 18.4. The average Bonchev–Trinajstić information content (AvgIpc) is 3.17. The Morgan fingerprint density at radius 1 is 0.895 bits per heavy atom. The largest absolute Gasteiger partial charge is 0.396 e. The highest BCUT2D eigenvalue weighted by molar-refractivity contribution is 6.00. The van der Waals surface area contributed by atoms with Crippen LogP contribution in [0, 0.1) is 11.8 Å². The molecule has 210 valence electrons. The van der Waals surface area contributed by atoms with Gasteiger partial charge < -0.3 is 24.5 Å². The number of rotatable bonds is 9. The summed E-state index contributed by atoms with van der Waals surface area (Å²) in [6.07, 6.45) is 17.4. The van der Waals surface area contributed by atoms with Crippen LogP contribution in [-0.4, -0.2) is 93.6 Å². The van der Waals surface area contributed by atoms with Crippen LogP contribution in [0.3, 0.4) is 0 Å². The lowest BCUT2D eigenvalue weighted by Gasteiger charge is -2.40. The summed E-state index contributed by atoms with van der Waals surface area (Å²) in [4.78, 5) is 48.4.